The minimum Gasteiger partial charge on any atom is -0.193 e. The van der Waals surface area contributed by atoms with Gasteiger partial charge in [-0.3, -0.25) is 0 Å². The van der Waals surface area contributed by atoms with Crippen LogP contribution in [0.4, 0.5) is 35.1 Å². The molecule has 0 amide bonds. The van der Waals surface area contributed by atoms with Gasteiger partial charge >= 0.3 is 18.3 Å². The van der Waals surface area contributed by atoms with Crippen LogP contribution in [0.25, 0.3) is 0 Å². The summed E-state index contributed by atoms with van der Waals surface area (Å²) in [7, 11) is 0. The third kappa shape index (κ3) is 2.64. The smallest absolute Gasteiger partial charge is 0.193 e. The van der Waals surface area contributed by atoms with E-state index >= 15 is 0 Å². The Morgan fingerprint density at radius 1 is 0.471 bits per heavy atom. The van der Waals surface area contributed by atoms with Gasteiger partial charge in [-0.2, -0.15) is 35.1 Å². The highest BCUT2D eigenvalue weighted by Gasteiger charge is 2.81. The van der Waals surface area contributed by atoms with Crippen LogP contribution in [0.1, 0.15) is 0 Å². The second-order valence-corrected chi connectivity index (χ2v) is 5.37. The summed E-state index contributed by atoms with van der Waals surface area (Å²) in [5.74, 6) is -6.18. The number of halogens is 12. The maximum atomic E-state index is 12.7. The molecule has 0 aromatic rings. The highest BCUT2D eigenvalue weighted by atomic mass is 35.5. The summed E-state index contributed by atoms with van der Waals surface area (Å²) in [6.45, 7) is 0. The van der Waals surface area contributed by atoms with Crippen LogP contribution in [-0.2, 0) is 0 Å². The van der Waals surface area contributed by atoms with Gasteiger partial charge < -0.3 is 0 Å². The van der Waals surface area contributed by atoms with E-state index in [1.54, 1.807) is 0 Å². The highest BCUT2D eigenvalue weighted by molar-refractivity contribution is 6.63. The lowest BCUT2D eigenvalue weighted by Gasteiger charge is -2.39. The average molecular weight is 354 g/mol. The molecule has 0 nitrogen and oxygen atoms in total. The molecule has 0 aliphatic heterocycles. The Balaban J connectivity index is 5.73. The largest absolute Gasteiger partial charge is 0.456 e. The standard InChI is InChI=1S/C5Cl4F8/c6-1(7,2(8,9)4(12,13)14)3(10,11)5(15,16)17. The number of alkyl halides is 12. The SMILES string of the molecule is FC(F)(F)C(F)(F)C(Cl)(Cl)C(Cl)(Cl)C(F)(F)F. The van der Waals surface area contributed by atoms with Crippen molar-refractivity contribution in [2.45, 2.75) is 26.9 Å². The van der Waals surface area contributed by atoms with Crippen LogP contribution >= 0.6 is 46.4 Å². The van der Waals surface area contributed by atoms with Crippen molar-refractivity contribution in [3.05, 3.63) is 0 Å². The number of hydrogen-bond donors (Lipinski definition) is 0. The third-order valence-corrected chi connectivity index (χ3v) is 3.92. The summed E-state index contributed by atoms with van der Waals surface area (Å²) in [4.78, 5) is 0. The maximum Gasteiger partial charge on any atom is 0.456 e. The molecule has 0 radical (unpaired) electrons. The quantitative estimate of drug-likeness (QED) is 0.479. The van der Waals surface area contributed by atoms with E-state index in [1.807, 2.05) is 0 Å². The summed E-state index contributed by atoms with van der Waals surface area (Å²) < 4.78 is 87.7. The van der Waals surface area contributed by atoms with Gasteiger partial charge in [0.15, 0.2) is 0 Å². The monoisotopic (exact) mass is 352 g/mol. The van der Waals surface area contributed by atoms with E-state index in [4.69, 9.17) is 0 Å². The molecule has 0 unspecified atom stereocenters. The van der Waals surface area contributed by atoms with E-state index in [1.165, 1.54) is 0 Å². The fourth-order valence-electron chi connectivity index (χ4n) is 0.553. The molecule has 0 bridgehead atoms. The van der Waals surface area contributed by atoms with Gasteiger partial charge in [-0.05, 0) is 0 Å². The van der Waals surface area contributed by atoms with Crippen molar-refractivity contribution in [3.8, 4) is 0 Å². The topological polar surface area (TPSA) is 0 Å². The summed E-state index contributed by atoms with van der Waals surface area (Å²) in [5, 5.41) is 0. The lowest BCUT2D eigenvalue weighted by Crippen LogP contribution is -2.63. The highest BCUT2D eigenvalue weighted by Crippen LogP contribution is 2.62. The molecule has 0 rings (SSSR count). The minimum atomic E-state index is -6.46. The van der Waals surface area contributed by atoms with E-state index < -0.39 is 26.9 Å². The molecule has 0 N–H and O–H groups in total. The third-order valence-electron chi connectivity index (χ3n) is 1.50. The number of hydrogen-bond acceptors (Lipinski definition) is 0. The molecule has 0 fully saturated rings. The molecule has 0 aliphatic rings. The Bertz CT molecular complexity index is 261. The van der Waals surface area contributed by atoms with Crippen molar-refractivity contribution in [2.75, 3.05) is 0 Å². The molecule has 0 saturated heterocycles. The zero-order chi connectivity index (χ0) is 14.5. The normalized spacial score (nSPS) is 16.2. The lowest BCUT2D eigenvalue weighted by atomic mass is 10.1. The first-order valence-corrected chi connectivity index (χ1v) is 4.78. The molecule has 0 atom stereocenters. The Morgan fingerprint density at radius 2 is 0.765 bits per heavy atom. The Morgan fingerprint density at radius 3 is 0.941 bits per heavy atom. The molecule has 12 heteroatoms. The molecule has 17 heavy (non-hydrogen) atoms. The van der Waals surface area contributed by atoms with Crippen molar-refractivity contribution >= 4 is 46.4 Å². The summed E-state index contributed by atoms with van der Waals surface area (Å²) in [6.07, 6.45) is -12.4. The van der Waals surface area contributed by atoms with Gasteiger partial charge in [-0.1, -0.05) is 46.4 Å². The van der Waals surface area contributed by atoms with Gasteiger partial charge in [0.25, 0.3) is 4.33 Å². The van der Waals surface area contributed by atoms with Crippen molar-refractivity contribution < 1.29 is 35.1 Å². The predicted octanol–water partition coefficient (Wildman–Crippen LogP) is 5.09. The maximum absolute atomic E-state index is 12.7. The van der Waals surface area contributed by atoms with Crippen LogP contribution in [0.3, 0.4) is 0 Å². The fraction of sp³-hybridized carbons (Fsp3) is 1.00. The first-order valence-electron chi connectivity index (χ1n) is 3.27. The van der Waals surface area contributed by atoms with Crippen LogP contribution in [-0.4, -0.2) is 26.9 Å². The molecule has 0 heterocycles. The molecule has 0 saturated carbocycles. The zero-order valence-electron chi connectivity index (χ0n) is 7.04. The molecule has 0 aromatic heterocycles. The van der Waals surface area contributed by atoms with Crippen LogP contribution < -0.4 is 0 Å². The predicted molar refractivity (Wildman–Crippen MR) is 45.9 cm³/mol. The molecule has 0 aromatic carbocycles. The average Bonchev–Trinajstić information content (AvgIpc) is 1.98. The van der Waals surface area contributed by atoms with E-state index in [0.29, 0.717) is 0 Å². The van der Waals surface area contributed by atoms with Crippen LogP contribution in [0.5, 0.6) is 0 Å². The van der Waals surface area contributed by atoms with Gasteiger partial charge in [-0.25, -0.2) is 0 Å². The fourth-order valence-corrected chi connectivity index (χ4v) is 1.22. The molecular weight excluding hydrogens is 354 g/mol. The summed E-state index contributed by atoms with van der Waals surface area (Å²) in [6, 6.07) is 0. The van der Waals surface area contributed by atoms with Gasteiger partial charge in [0.1, 0.15) is 0 Å². The van der Waals surface area contributed by atoms with Crippen LogP contribution in [0, 0.1) is 0 Å². The van der Waals surface area contributed by atoms with Crippen molar-refractivity contribution in [2.24, 2.45) is 0 Å². The first-order chi connectivity index (χ1) is 7.00. The second-order valence-electron chi connectivity index (χ2n) is 2.72. The van der Waals surface area contributed by atoms with E-state index in [9.17, 15) is 35.1 Å². The molecule has 0 aliphatic carbocycles. The molecule has 104 valence electrons. The summed E-state index contributed by atoms with van der Waals surface area (Å²) in [5.41, 5.74) is 0. The lowest BCUT2D eigenvalue weighted by molar-refractivity contribution is -0.295. The second kappa shape index (κ2) is 4.31. The summed E-state index contributed by atoms with van der Waals surface area (Å²) >= 11 is 17.6. The zero-order valence-corrected chi connectivity index (χ0v) is 10.1. The molecule has 0 spiro atoms. The van der Waals surface area contributed by atoms with E-state index in [-0.39, 0.29) is 0 Å². The number of rotatable bonds is 2. The van der Waals surface area contributed by atoms with E-state index in [0.717, 1.165) is 0 Å². The van der Waals surface area contributed by atoms with Crippen molar-refractivity contribution in [1.29, 1.82) is 0 Å². The van der Waals surface area contributed by atoms with Crippen molar-refractivity contribution in [1.82, 2.24) is 0 Å². The Kier molecular flexibility index (Phi) is 4.47. The van der Waals surface area contributed by atoms with Gasteiger partial charge in [0.2, 0.25) is 4.33 Å². The van der Waals surface area contributed by atoms with Crippen LogP contribution in [0.2, 0.25) is 0 Å². The Labute approximate surface area is 109 Å². The van der Waals surface area contributed by atoms with Gasteiger partial charge in [0, 0.05) is 0 Å². The van der Waals surface area contributed by atoms with Crippen molar-refractivity contribution in [3.63, 3.8) is 0 Å². The minimum absolute atomic E-state index is 4.39. The van der Waals surface area contributed by atoms with Crippen LogP contribution in [0.15, 0.2) is 0 Å². The van der Waals surface area contributed by atoms with Gasteiger partial charge in [0.05, 0.1) is 0 Å². The van der Waals surface area contributed by atoms with Gasteiger partial charge in [-0.15, -0.1) is 0 Å². The van der Waals surface area contributed by atoms with E-state index in [2.05, 4.69) is 46.4 Å². The first kappa shape index (κ1) is 17.6. The molecular formula is C5Cl4F8. The Hall–Kier alpha value is 0.600.